The van der Waals surface area contributed by atoms with Crippen molar-refractivity contribution in [3.8, 4) is 0 Å². The molecule has 0 atom stereocenters. The van der Waals surface area contributed by atoms with E-state index in [9.17, 15) is 4.79 Å². The van der Waals surface area contributed by atoms with Crippen molar-refractivity contribution >= 4 is 5.91 Å². The van der Waals surface area contributed by atoms with E-state index in [1.165, 1.54) is 0 Å². The Morgan fingerprint density at radius 1 is 1.50 bits per heavy atom. The number of aliphatic hydroxyl groups excluding tert-OH is 1. The number of carbonyl (C=O) groups is 1. The molecule has 1 aromatic heterocycles. The predicted octanol–water partition coefficient (Wildman–Crippen LogP) is 1.58. The highest BCUT2D eigenvalue weighted by atomic mass is 16.3. The monoisotopic (exact) mass is 281 g/mol. The Labute approximate surface area is 121 Å². The summed E-state index contributed by atoms with van der Waals surface area (Å²) in [6.07, 6.45) is 4.85. The van der Waals surface area contributed by atoms with E-state index in [1.807, 2.05) is 38.7 Å². The maximum absolute atomic E-state index is 11.7. The first-order valence-electron chi connectivity index (χ1n) is 7.21. The Bertz CT molecular complexity index is 438. The molecule has 0 fully saturated rings. The Hall–Kier alpha value is -1.36. The maximum Gasteiger partial charge on any atom is 0.220 e. The second kappa shape index (κ2) is 7.43. The van der Waals surface area contributed by atoms with E-state index < -0.39 is 0 Å². The summed E-state index contributed by atoms with van der Waals surface area (Å²) in [6.45, 7) is 6.92. The van der Waals surface area contributed by atoms with E-state index in [2.05, 4.69) is 10.4 Å². The number of rotatable bonds is 8. The molecule has 1 heterocycles. The molecule has 0 aromatic carbocycles. The fourth-order valence-electron chi connectivity index (χ4n) is 2.00. The average Bonchev–Trinajstić information content (AvgIpc) is 2.73. The molecule has 20 heavy (non-hydrogen) atoms. The van der Waals surface area contributed by atoms with Gasteiger partial charge in [-0.2, -0.15) is 5.10 Å². The van der Waals surface area contributed by atoms with Crippen molar-refractivity contribution in [2.45, 2.75) is 46.5 Å². The Morgan fingerprint density at radius 2 is 2.20 bits per heavy atom. The maximum atomic E-state index is 11.7. The van der Waals surface area contributed by atoms with Crippen LogP contribution in [0.2, 0.25) is 0 Å². The second-order valence-corrected chi connectivity index (χ2v) is 6.15. The van der Waals surface area contributed by atoms with Crippen molar-refractivity contribution < 1.29 is 9.90 Å². The van der Waals surface area contributed by atoms with Crippen molar-refractivity contribution in [3.05, 3.63) is 17.5 Å². The largest absolute Gasteiger partial charge is 0.396 e. The Morgan fingerprint density at radius 3 is 2.75 bits per heavy atom. The minimum absolute atomic E-state index is 0.0580. The molecule has 5 heteroatoms. The number of aliphatic hydroxyl groups is 1. The summed E-state index contributed by atoms with van der Waals surface area (Å²) in [7, 11) is 1.90. The summed E-state index contributed by atoms with van der Waals surface area (Å²) in [5, 5.41) is 16.2. The van der Waals surface area contributed by atoms with Gasteiger partial charge in [-0.3, -0.25) is 9.48 Å². The van der Waals surface area contributed by atoms with Crippen molar-refractivity contribution in [3.63, 3.8) is 0 Å². The van der Waals surface area contributed by atoms with Crippen LogP contribution in [-0.2, 0) is 18.3 Å². The summed E-state index contributed by atoms with van der Waals surface area (Å²) >= 11 is 0. The minimum Gasteiger partial charge on any atom is -0.396 e. The van der Waals surface area contributed by atoms with Crippen LogP contribution < -0.4 is 5.32 Å². The third kappa shape index (κ3) is 5.33. The molecule has 1 aromatic rings. The lowest BCUT2D eigenvalue weighted by Crippen LogP contribution is -2.26. The standard InChI is InChI=1S/C15H27N3O2/c1-12-13(10-17-18(12)4)6-7-14(20)16-9-5-8-15(2,3)11-19/h10,19H,5-9,11H2,1-4H3,(H,16,20). The van der Waals surface area contributed by atoms with Gasteiger partial charge in [0.25, 0.3) is 0 Å². The quantitative estimate of drug-likeness (QED) is 0.711. The van der Waals surface area contributed by atoms with Gasteiger partial charge in [-0.05, 0) is 37.2 Å². The summed E-state index contributed by atoms with van der Waals surface area (Å²) in [5.41, 5.74) is 2.18. The van der Waals surface area contributed by atoms with Crippen LogP contribution in [-0.4, -0.2) is 33.9 Å². The molecular formula is C15H27N3O2. The van der Waals surface area contributed by atoms with Gasteiger partial charge in [0.2, 0.25) is 5.91 Å². The zero-order valence-corrected chi connectivity index (χ0v) is 13.1. The number of amides is 1. The number of hydrogen-bond donors (Lipinski definition) is 2. The van der Waals surface area contributed by atoms with Gasteiger partial charge in [0.05, 0.1) is 6.20 Å². The summed E-state index contributed by atoms with van der Waals surface area (Å²) in [6, 6.07) is 0. The lowest BCUT2D eigenvalue weighted by atomic mass is 9.89. The van der Waals surface area contributed by atoms with E-state index in [1.54, 1.807) is 0 Å². The Kier molecular flexibility index (Phi) is 6.20. The van der Waals surface area contributed by atoms with Gasteiger partial charge in [-0.15, -0.1) is 0 Å². The number of hydrogen-bond acceptors (Lipinski definition) is 3. The molecule has 0 aliphatic carbocycles. The lowest BCUT2D eigenvalue weighted by molar-refractivity contribution is -0.121. The van der Waals surface area contributed by atoms with E-state index in [0.717, 1.165) is 30.5 Å². The lowest BCUT2D eigenvalue weighted by Gasteiger charge is -2.21. The van der Waals surface area contributed by atoms with Gasteiger partial charge in [0.1, 0.15) is 0 Å². The number of carbonyl (C=O) groups excluding carboxylic acids is 1. The van der Waals surface area contributed by atoms with Crippen molar-refractivity contribution in [1.29, 1.82) is 0 Å². The molecule has 0 aliphatic heterocycles. The van der Waals surface area contributed by atoms with Gasteiger partial charge < -0.3 is 10.4 Å². The van der Waals surface area contributed by atoms with Gasteiger partial charge in [0, 0.05) is 32.3 Å². The summed E-state index contributed by atoms with van der Waals surface area (Å²) < 4.78 is 1.82. The van der Waals surface area contributed by atoms with Gasteiger partial charge in [-0.1, -0.05) is 13.8 Å². The molecular weight excluding hydrogens is 254 g/mol. The smallest absolute Gasteiger partial charge is 0.220 e. The fraction of sp³-hybridized carbons (Fsp3) is 0.733. The third-order valence-electron chi connectivity index (χ3n) is 3.74. The van der Waals surface area contributed by atoms with Crippen LogP contribution >= 0.6 is 0 Å². The normalized spacial score (nSPS) is 11.7. The molecule has 0 radical (unpaired) electrons. The van der Waals surface area contributed by atoms with Crippen LogP contribution in [0.15, 0.2) is 6.20 Å². The van der Waals surface area contributed by atoms with Gasteiger partial charge in [0.15, 0.2) is 0 Å². The van der Waals surface area contributed by atoms with E-state index in [4.69, 9.17) is 5.11 Å². The highest BCUT2D eigenvalue weighted by Crippen LogP contribution is 2.20. The molecule has 0 bridgehead atoms. The predicted molar refractivity (Wildman–Crippen MR) is 79.4 cm³/mol. The van der Waals surface area contributed by atoms with Crippen LogP contribution in [0.4, 0.5) is 0 Å². The zero-order chi connectivity index (χ0) is 15.2. The van der Waals surface area contributed by atoms with Crippen molar-refractivity contribution in [2.24, 2.45) is 12.5 Å². The average molecular weight is 281 g/mol. The number of nitrogens with one attached hydrogen (secondary N) is 1. The van der Waals surface area contributed by atoms with Crippen molar-refractivity contribution in [1.82, 2.24) is 15.1 Å². The molecule has 0 saturated carbocycles. The topological polar surface area (TPSA) is 67.2 Å². The number of aromatic nitrogens is 2. The zero-order valence-electron chi connectivity index (χ0n) is 13.1. The van der Waals surface area contributed by atoms with E-state index in [0.29, 0.717) is 13.0 Å². The molecule has 0 spiro atoms. The third-order valence-corrected chi connectivity index (χ3v) is 3.74. The highest BCUT2D eigenvalue weighted by Gasteiger charge is 2.15. The molecule has 1 amide bonds. The molecule has 1 rings (SSSR count). The van der Waals surface area contributed by atoms with Crippen LogP contribution in [0.25, 0.3) is 0 Å². The molecule has 5 nitrogen and oxygen atoms in total. The van der Waals surface area contributed by atoms with Crippen molar-refractivity contribution in [2.75, 3.05) is 13.2 Å². The minimum atomic E-state index is -0.0580. The summed E-state index contributed by atoms with van der Waals surface area (Å²) in [5.74, 6) is 0.0788. The fourth-order valence-corrected chi connectivity index (χ4v) is 2.00. The van der Waals surface area contributed by atoms with Gasteiger partial charge in [-0.25, -0.2) is 0 Å². The SMILES string of the molecule is Cc1c(CCC(=O)NCCCC(C)(C)CO)cnn1C. The Balaban J connectivity index is 2.20. The number of aryl methyl sites for hydroxylation is 2. The molecule has 114 valence electrons. The molecule has 0 unspecified atom stereocenters. The first kappa shape index (κ1) is 16.7. The van der Waals surface area contributed by atoms with E-state index in [-0.39, 0.29) is 17.9 Å². The molecule has 0 aliphatic rings. The summed E-state index contributed by atoms with van der Waals surface area (Å²) in [4.78, 5) is 11.7. The van der Waals surface area contributed by atoms with E-state index >= 15 is 0 Å². The van der Waals surface area contributed by atoms with Crippen LogP contribution in [0.5, 0.6) is 0 Å². The first-order valence-corrected chi connectivity index (χ1v) is 7.21. The number of nitrogens with zero attached hydrogens (tertiary/aromatic N) is 2. The van der Waals surface area contributed by atoms with Crippen LogP contribution in [0.3, 0.4) is 0 Å². The molecule has 2 N–H and O–H groups in total. The first-order chi connectivity index (χ1) is 9.35. The van der Waals surface area contributed by atoms with Gasteiger partial charge >= 0.3 is 0 Å². The second-order valence-electron chi connectivity index (χ2n) is 6.15. The molecule has 0 saturated heterocycles. The highest BCUT2D eigenvalue weighted by molar-refractivity contribution is 5.76. The van der Waals surface area contributed by atoms with Crippen LogP contribution in [0.1, 0.15) is 44.4 Å². The van der Waals surface area contributed by atoms with Crippen LogP contribution in [0, 0.1) is 12.3 Å².